The number of hydrogen-bond acceptors (Lipinski definition) is 7. The lowest BCUT2D eigenvalue weighted by molar-refractivity contribution is 0.0740. The lowest BCUT2D eigenvalue weighted by atomic mass is 10.2. The summed E-state index contributed by atoms with van der Waals surface area (Å²) in [6.45, 7) is 7.52. The molecule has 1 fully saturated rings. The smallest absolute Gasteiger partial charge is 0.272 e. The van der Waals surface area contributed by atoms with Crippen LogP contribution in [0.5, 0.6) is 0 Å². The third-order valence-corrected chi connectivity index (χ3v) is 4.55. The highest BCUT2D eigenvalue weighted by molar-refractivity contribution is 5.93. The minimum atomic E-state index is -0.0502. The number of nitrogens with zero attached hydrogens (tertiary/aromatic N) is 6. The van der Waals surface area contributed by atoms with E-state index >= 15 is 0 Å². The van der Waals surface area contributed by atoms with Gasteiger partial charge in [-0.3, -0.25) is 4.79 Å². The summed E-state index contributed by atoms with van der Waals surface area (Å²) >= 11 is 0. The Kier molecular flexibility index (Phi) is 6.51. The Balaban J connectivity index is 1.60. The first-order valence-corrected chi connectivity index (χ1v) is 9.58. The molecule has 2 aromatic heterocycles. The molecule has 1 aliphatic heterocycles. The van der Waals surface area contributed by atoms with Gasteiger partial charge < -0.3 is 15.1 Å². The van der Waals surface area contributed by atoms with Crippen LogP contribution < -0.4 is 10.2 Å². The summed E-state index contributed by atoms with van der Waals surface area (Å²) in [7, 11) is 0. The van der Waals surface area contributed by atoms with Crippen LogP contribution in [-0.4, -0.2) is 63.5 Å². The van der Waals surface area contributed by atoms with Crippen molar-refractivity contribution in [1.29, 1.82) is 0 Å². The minimum absolute atomic E-state index is 0.0502. The fraction of sp³-hybridized carbons (Fsp3) is 0.526. The fourth-order valence-electron chi connectivity index (χ4n) is 3.09. The average molecular weight is 369 g/mol. The van der Waals surface area contributed by atoms with Crippen LogP contribution in [0.4, 0.5) is 11.8 Å². The van der Waals surface area contributed by atoms with Crippen LogP contribution in [0.15, 0.2) is 24.5 Å². The topological polar surface area (TPSA) is 87.1 Å². The molecule has 1 aliphatic rings. The first-order chi connectivity index (χ1) is 13.2. The number of carbonyl (C=O) groups is 1. The number of amides is 1. The lowest BCUT2D eigenvalue weighted by Crippen LogP contribution is -2.49. The van der Waals surface area contributed by atoms with Crippen molar-refractivity contribution in [2.24, 2.45) is 0 Å². The molecule has 8 nitrogen and oxygen atoms in total. The highest BCUT2D eigenvalue weighted by atomic mass is 16.2. The zero-order valence-electron chi connectivity index (χ0n) is 16.1. The SMILES string of the molecule is CCCCCNc1cc(C(=O)N2CCN(c3ncccn3)CC2)nc(C)n1. The summed E-state index contributed by atoms with van der Waals surface area (Å²) < 4.78 is 0. The van der Waals surface area contributed by atoms with Crippen molar-refractivity contribution in [3.63, 3.8) is 0 Å². The van der Waals surface area contributed by atoms with Crippen molar-refractivity contribution in [3.8, 4) is 0 Å². The van der Waals surface area contributed by atoms with E-state index in [1.165, 1.54) is 12.8 Å². The highest BCUT2D eigenvalue weighted by Crippen LogP contribution is 2.14. The minimum Gasteiger partial charge on any atom is -0.370 e. The molecular weight excluding hydrogens is 342 g/mol. The molecular formula is C19H27N7O. The number of hydrogen-bond donors (Lipinski definition) is 1. The van der Waals surface area contributed by atoms with Gasteiger partial charge in [-0.05, 0) is 19.4 Å². The fourth-order valence-corrected chi connectivity index (χ4v) is 3.09. The molecule has 1 saturated heterocycles. The molecule has 0 atom stereocenters. The summed E-state index contributed by atoms with van der Waals surface area (Å²) in [4.78, 5) is 34.1. The molecule has 0 radical (unpaired) electrons. The number of unbranched alkanes of at least 4 members (excludes halogenated alkanes) is 2. The molecule has 0 saturated carbocycles. The van der Waals surface area contributed by atoms with Gasteiger partial charge in [-0.25, -0.2) is 19.9 Å². The number of aromatic nitrogens is 4. The number of anilines is 2. The third-order valence-electron chi connectivity index (χ3n) is 4.55. The van der Waals surface area contributed by atoms with Crippen LogP contribution in [0, 0.1) is 6.92 Å². The largest absolute Gasteiger partial charge is 0.370 e. The molecule has 1 N–H and O–H groups in total. The Bertz CT molecular complexity index is 745. The van der Waals surface area contributed by atoms with Gasteiger partial charge in [-0.1, -0.05) is 19.8 Å². The number of piperazine rings is 1. The number of nitrogens with one attached hydrogen (secondary N) is 1. The predicted molar refractivity (Wildman–Crippen MR) is 105 cm³/mol. The van der Waals surface area contributed by atoms with Gasteiger partial charge >= 0.3 is 0 Å². The van der Waals surface area contributed by atoms with Crippen molar-refractivity contribution in [1.82, 2.24) is 24.8 Å². The van der Waals surface area contributed by atoms with Crippen LogP contribution in [-0.2, 0) is 0 Å². The van der Waals surface area contributed by atoms with Gasteiger partial charge in [0.1, 0.15) is 17.3 Å². The van der Waals surface area contributed by atoms with E-state index < -0.39 is 0 Å². The highest BCUT2D eigenvalue weighted by Gasteiger charge is 2.24. The van der Waals surface area contributed by atoms with Gasteiger partial charge in [0.05, 0.1) is 0 Å². The van der Waals surface area contributed by atoms with Gasteiger partial charge in [-0.2, -0.15) is 0 Å². The van der Waals surface area contributed by atoms with Crippen molar-refractivity contribution < 1.29 is 4.79 Å². The molecule has 0 bridgehead atoms. The van der Waals surface area contributed by atoms with E-state index in [9.17, 15) is 4.79 Å². The van der Waals surface area contributed by atoms with Crippen LogP contribution in [0.1, 0.15) is 42.5 Å². The molecule has 0 spiro atoms. The van der Waals surface area contributed by atoms with Crippen molar-refractivity contribution in [3.05, 3.63) is 36.0 Å². The maximum absolute atomic E-state index is 12.9. The molecule has 2 aromatic rings. The van der Waals surface area contributed by atoms with E-state index in [0.29, 0.717) is 43.6 Å². The Labute approximate surface area is 160 Å². The van der Waals surface area contributed by atoms with Crippen molar-refractivity contribution in [2.75, 3.05) is 42.9 Å². The van der Waals surface area contributed by atoms with Crippen LogP contribution >= 0.6 is 0 Å². The molecule has 8 heteroatoms. The van der Waals surface area contributed by atoms with E-state index in [1.807, 2.05) is 11.8 Å². The standard InChI is InChI=1S/C19H27N7O/c1-3-4-5-7-20-17-14-16(23-15(2)24-17)18(27)25-10-12-26(13-11-25)19-21-8-6-9-22-19/h6,8-9,14H,3-5,7,10-13H2,1-2H3,(H,20,23,24). The van der Waals surface area contributed by atoms with Crippen molar-refractivity contribution >= 4 is 17.7 Å². The molecule has 144 valence electrons. The first kappa shape index (κ1) is 19.0. The average Bonchev–Trinajstić information content (AvgIpc) is 2.71. The molecule has 0 unspecified atom stereocenters. The van der Waals surface area contributed by atoms with Gasteiger partial charge in [0, 0.05) is 51.2 Å². The number of rotatable bonds is 7. The monoisotopic (exact) mass is 369 g/mol. The zero-order chi connectivity index (χ0) is 19.1. The number of carbonyl (C=O) groups excluding carboxylic acids is 1. The van der Waals surface area contributed by atoms with E-state index in [1.54, 1.807) is 24.5 Å². The lowest BCUT2D eigenvalue weighted by Gasteiger charge is -2.34. The van der Waals surface area contributed by atoms with Crippen molar-refractivity contribution in [2.45, 2.75) is 33.1 Å². The van der Waals surface area contributed by atoms with E-state index in [4.69, 9.17) is 0 Å². The second-order valence-corrected chi connectivity index (χ2v) is 6.65. The van der Waals surface area contributed by atoms with Crippen LogP contribution in [0.3, 0.4) is 0 Å². The maximum atomic E-state index is 12.9. The van der Waals surface area contributed by atoms with Crippen LogP contribution in [0.2, 0.25) is 0 Å². The van der Waals surface area contributed by atoms with Gasteiger partial charge in [-0.15, -0.1) is 0 Å². The Morgan fingerprint density at radius 2 is 1.85 bits per heavy atom. The summed E-state index contributed by atoms with van der Waals surface area (Å²) in [5.41, 5.74) is 0.449. The second kappa shape index (κ2) is 9.25. The molecule has 0 aliphatic carbocycles. The Hall–Kier alpha value is -2.77. The summed E-state index contributed by atoms with van der Waals surface area (Å²) in [6, 6.07) is 3.56. The first-order valence-electron chi connectivity index (χ1n) is 9.58. The van der Waals surface area contributed by atoms with E-state index in [0.717, 1.165) is 18.8 Å². The van der Waals surface area contributed by atoms with Crippen LogP contribution in [0.25, 0.3) is 0 Å². The predicted octanol–water partition coefficient (Wildman–Crippen LogP) is 2.14. The number of aryl methyl sites for hydroxylation is 1. The molecule has 1 amide bonds. The van der Waals surface area contributed by atoms with Gasteiger partial charge in [0.25, 0.3) is 5.91 Å². The normalized spacial score (nSPS) is 14.3. The second-order valence-electron chi connectivity index (χ2n) is 6.65. The molecule has 0 aromatic carbocycles. The zero-order valence-corrected chi connectivity index (χ0v) is 16.1. The molecule has 3 heterocycles. The summed E-state index contributed by atoms with van der Waals surface area (Å²) in [5.74, 6) is 1.99. The van der Waals surface area contributed by atoms with Gasteiger partial charge in [0.15, 0.2) is 0 Å². The Morgan fingerprint density at radius 1 is 1.11 bits per heavy atom. The summed E-state index contributed by atoms with van der Waals surface area (Å²) in [5, 5.41) is 3.30. The van der Waals surface area contributed by atoms with E-state index in [-0.39, 0.29) is 5.91 Å². The molecule has 27 heavy (non-hydrogen) atoms. The van der Waals surface area contributed by atoms with Gasteiger partial charge in [0.2, 0.25) is 5.95 Å². The third kappa shape index (κ3) is 5.12. The Morgan fingerprint density at radius 3 is 2.56 bits per heavy atom. The molecule has 3 rings (SSSR count). The van der Waals surface area contributed by atoms with E-state index in [2.05, 4.69) is 37.1 Å². The quantitative estimate of drug-likeness (QED) is 0.748. The summed E-state index contributed by atoms with van der Waals surface area (Å²) in [6.07, 6.45) is 6.91. The maximum Gasteiger partial charge on any atom is 0.272 e.